The van der Waals surface area contributed by atoms with E-state index in [1.807, 2.05) is 13.8 Å². The van der Waals surface area contributed by atoms with Gasteiger partial charge in [-0.25, -0.2) is 9.98 Å². The predicted octanol–water partition coefficient (Wildman–Crippen LogP) is 1.94. The van der Waals surface area contributed by atoms with Gasteiger partial charge in [0.15, 0.2) is 5.96 Å². The quantitative estimate of drug-likeness (QED) is 0.359. The van der Waals surface area contributed by atoms with Crippen molar-refractivity contribution >= 4 is 47.2 Å². The van der Waals surface area contributed by atoms with E-state index < -0.39 is 5.41 Å². The number of aliphatic imine (C=N–C) groups is 1. The fourth-order valence-corrected chi connectivity index (χ4v) is 2.35. The van der Waals surface area contributed by atoms with Crippen molar-refractivity contribution in [1.82, 2.24) is 15.6 Å². The first-order valence-corrected chi connectivity index (χ1v) is 7.83. The molecule has 0 fully saturated rings. The molecule has 0 radical (unpaired) electrons. The molecule has 1 aromatic rings. The van der Waals surface area contributed by atoms with Crippen LogP contribution in [0.4, 0.5) is 0 Å². The standard InChI is InChI=1S/C14H25N5OS.HI/c1-6-16-13(18-8-14(4,5)12(15)20)17-7-11-19-9(2)10(3)21-11;/h6-8H2,1-5H3,(H2,15,20)(H2,16,17,18);1H. The maximum atomic E-state index is 11.3. The van der Waals surface area contributed by atoms with Crippen molar-refractivity contribution < 1.29 is 4.79 Å². The van der Waals surface area contributed by atoms with Crippen molar-refractivity contribution in [3.8, 4) is 0 Å². The van der Waals surface area contributed by atoms with Crippen LogP contribution in [0.1, 0.15) is 36.3 Å². The number of nitrogens with zero attached hydrogens (tertiary/aromatic N) is 2. The van der Waals surface area contributed by atoms with Gasteiger partial charge in [0.1, 0.15) is 5.01 Å². The third-order valence-corrected chi connectivity index (χ3v) is 4.21. The van der Waals surface area contributed by atoms with Gasteiger partial charge in [-0.2, -0.15) is 0 Å². The Balaban J connectivity index is 0.00000441. The molecule has 126 valence electrons. The van der Waals surface area contributed by atoms with Gasteiger partial charge in [-0.1, -0.05) is 0 Å². The average Bonchev–Trinajstić information content (AvgIpc) is 2.72. The number of aryl methyl sites for hydroxylation is 2. The molecule has 0 bridgehead atoms. The minimum absolute atomic E-state index is 0. The van der Waals surface area contributed by atoms with Gasteiger partial charge >= 0.3 is 0 Å². The topological polar surface area (TPSA) is 92.4 Å². The lowest BCUT2D eigenvalue weighted by Crippen LogP contribution is -2.46. The molecule has 6 nitrogen and oxygen atoms in total. The van der Waals surface area contributed by atoms with E-state index in [0.717, 1.165) is 17.2 Å². The van der Waals surface area contributed by atoms with E-state index in [0.29, 0.717) is 19.0 Å². The highest BCUT2D eigenvalue weighted by molar-refractivity contribution is 14.0. The van der Waals surface area contributed by atoms with Gasteiger partial charge in [-0.05, 0) is 34.6 Å². The van der Waals surface area contributed by atoms with Gasteiger partial charge in [-0.3, -0.25) is 4.79 Å². The molecular weight excluding hydrogens is 413 g/mol. The first-order valence-electron chi connectivity index (χ1n) is 7.01. The highest BCUT2D eigenvalue weighted by atomic mass is 127. The predicted molar refractivity (Wildman–Crippen MR) is 103 cm³/mol. The Hall–Kier alpha value is -0.900. The fourth-order valence-electron chi connectivity index (χ4n) is 1.49. The number of hydrogen-bond acceptors (Lipinski definition) is 4. The number of primary amides is 1. The second kappa shape index (κ2) is 9.29. The molecule has 0 aliphatic heterocycles. The van der Waals surface area contributed by atoms with Crippen molar-refractivity contribution in [1.29, 1.82) is 0 Å². The molecule has 0 saturated carbocycles. The van der Waals surface area contributed by atoms with E-state index in [2.05, 4.69) is 27.5 Å². The molecule has 1 aromatic heterocycles. The number of guanidine groups is 1. The van der Waals surface area contributed by atoms with Crippen LogP contribution in [0, 0.1) is 19.3 Å². The molecule has 1 amide bonds. The summed E-state index contributed by atoms with van der Waals surface area (Å²) >= 11 is 1.66. The molecule has 4 N–H and O–H groups in total. The SMILES string of the molecule is CCNC(=NCc1nc(C)c(C)s1)NCC(C)(C)C(N)=O.I. The van der Waals surface area contributed by atoms with Crippen molar-refractivity contribution in [3.05, 3.63) is 15.6 Å². The molecular formula is C14H26IN5OS. The minimum Gasteiger partial charge on any atom is -0.369 e. The summed E-state index contributed by atoms with van der Waals surface area (Å²) in [6.45, 7) is 11.4. The number of nitrogens with one attached hydrogen (secondary N) is 2. The largest absolute Gasteiger partial charge is 0.369 e. The van der Waals surface area contributed by atoms with Crippen LogP contribution in [0.25, 0.3) is 0 Å². The number of carbonyl (C=O) groups excluding carboxylic acids is 1. The molecule has 0 aromatic carbocycles. The van der Waals surface area contributed by atoms with Gasteiger partial charge in [0.05, 0.1) is 17.7 Å². The molecule has 1 rings (SSSR count). The zero-order chi connectivity index (χ0) is 16.0. The molecule has 8 heteroatoms. The summed E-state index contributed by atoms with van der Waals surface area (Å²) < 4.78 is 0. The van der Waals surface area contributed by atoms with Crippen LogP contribution in [0.3, 0.4) is 0 Å². The lowest BCUT2D eigenvalue weighted by molar-refractivity contribution is -0.125. The minimum atomic E-state index is -0.620. The third kappa shape index (κ3) is 6.47. The van der Waals surface area contributed by atoms with E-state index in [-0.39, 0.29) is 29.9 Å². The maximum absolute atomic E-state index is 11.3. The number of rotatable bonds is 6. The van der Waals surface area contributed by atoms with Crippen LogP contribution >= 0.6 is 35.3 Å². The summed E-state index contributed by atoms with van der Waals surface area (Å²) in [4.78, 5) is 21.5. The van der Waals surface area contributed by atoms with Crippen LogP contribution in [0.5, 0.6) is 0 Å². The number of aromatic nitrogens is 1. The summed E-state index contributed by atoms with van der Waals surface area (Å²) in [7, 11) is 0. The molecule has 22 heavy (non-hydrogen) atoms. The Bertz CT molecular complexity index is 508. The summed E-state index contributed by atoms with van der Waals surface area (Å²) in [5, 5.41) is 7.28. The van der Waals surface area contributed by atoms with Crippen LogP contribution in [0.15, 0.2) is 4.99 Å². The summed E-state index contributed by atoms with van der Waals surface area (Å²) in [5.74, 6) is 0.328. The van der Waals surface area contributed by atoms with Crippen molar-refractivity contribution in [3.63, 3.8) is 0 Å². The van der Waals surface area contributed by atoms with E-state index in [1.165, 1.54) is 4.88 Å². The number of carbonyl (C=O) groups is 1. The molecule has 0 aliphatic carbocycles. The molecule has 0 atom stereocenters. The normalized spacial score (nSPS) is 11.8. The lowest BCUT2D eigenvalue weighted by atomic mass is 9.93. The molecule has 0 spiro atoms. The first kappa shape index (κ1) is 21.1. The number of thiazole rings is 1. The zero-order valence-electron chi connectivity index (χ0n) is 13.8. The molecule has 0 saturated heterocycles. The Morgan fingerprint density at radius 1 is 1.36 bits per heavy atom. The number of hydrogen-bond donors (Lipinski definition) is 3. The smallest absolute Gasteiger partial charge is 0.224 e. The first-order chi connectivity index (χ1) is 9.76. The van der Waals surface area contributed by atoms with E-state index >= 15 is 0 Å². The Morgan fingerprint density at radius 3 is 2.45 bits per heavy atom. The van der Waals surface area contributed by atoms with Crippen LogP contribution in [-0.4, -0.2) is 29.9 Å². The van der Waals surface area contributed by atoms with Gasteiger partial charge in [0.25, 0.3) is 0 Å². The highest BCUT2D eigenvalue weighted by Crippen LogP contribution is 2.17. The summed E-state index contributed by atoms with van der Waals surface area (Å²) in [6.07, 6.45) is 0. The van der Waals surface area contributed by atoms with Crippen molar-refractivity contribution in [2.75, 3.05) is 13.1 Å². The third-order valence-electron chi connectivity index (χ3n) is 3.15. The Labute approximate surface area is 153 Å². The van der Waals surface area contributed by atoms with Crippen molar-refractivity contribution in [2.24, 2.45) is 16.1 Å². The van der Waals surface area contributed by atoms with Gasteiger partial charge in [-0.15, -0.1) is 35.3 Å². The molecule has 1 heterocycles. The number of nitrogens with two attached hydrogens (primary N) is 1. The molecule has 0 unspecified atom stereocenters. The average molecular weight is 439 g/mol. The second-order valence-corrected chi connectivity index (χ2v) is 6.83. The van der Waals surface area contributed by atoms with Gasteiger partial charge in [0, 0.05) is 18.0 Å². The lowest BCUT2D eigenvalue weighted by Gasteiger charge is -2.22. The summed E-state index contributed by atoms with van der Waals surface area (Å²) in [6, 6.07) is 0. The maximum Gasteiger partial charge on any atom is 0.224 e. The van der Waals surface area contributed by atoms with E-state index in [9.17, 15) is 4.79 Å². The Morgan fingerprint density at radius 2 is 2.00 bits per heavy atom. The number of amides is 1. The fraction of sp³-hybridized carbons (Fsp3) is 0.643. The zero-order valence-corrected chi connectivity index (χ0v) is 17.0. The van der Waals surface area contributed by atoms with Crippen molar-refractivity contribution in [2.45, 2.75) is 41.2 Å². The van der Waals surface area contributed by atoms with Crippen LogP contribution < -0.4 is 16.4 Å². The van der Waals surface area contributed by atoms with Crippen LogP contribution in [0.2, 0.25) is 0 Å². The summed E-state index contributed by atoms with van der Waals surface area (Å²) in [5.41, 5.74) is 5.80. The van der Waals surface area contributed by atoms with Crippen LogP contribution in [-0.2, 0) is 11.3 Å². The Kier molecular flexibility index (Phi) is 8.91. The van der Waals surface area contributed by atoms with Gasteiger partial charge < -0.3 is 16.4 Å². The van der Waals surface area contributed by atoms with Gasteiger partial charge in [0.2, 0.25) is 5.91 Å². The second-order valence-electron chi connectivity index (χ2n) is 5.55. The highest BCUT2D eigenvalue weighted by Gasteiger charge is 2.24. The monoisotopic (exact) mass is 439 g/mol. The van der Waals surface area contributed by atoms with E-state index in [4.69, 9.17) is 5.73 Å². The van der Waals surface area contributed by atoms with E-state index in [1.54, 1.807) is 25.2 Å². The number of halogens is 1. The molecule has 0 aliphatic rings.